The number of nitrogens with one attached hydrogen (secondary N) is 1. The van der Waals surface area contributed by atoms with Crippen LogP contribution >= 0.6 is 0 Å². The van der Waals surface area contributed by atoms with Crippen molar-refractivity contribution in [3.63, 3.8) is 0 Å². The zero-order valence-electron chi connectivity index (χ0n) is 15.0. The zero-order chi connectivity index (χ0) is 18.1. The average Bonchev–Trinajstić information content (AvgIpc) is 3.26. The van der Waals surface area contributed by atoms with Crippen LogP contribution in [0.25, 0.3) is 11.0 Å². The van der Waals surface area contributed by atoms with E-state index in [9.17, 15) is 4.79 Å². The van der Waals surface area contributed by atoms with E-state index in [0.717, 1.165) is 37.1 Å². The standard InChI is InChI=1S/C19H24N4O3/c1-3-16(24)23-9-12(2)15(10-23)26-19-17-14(13-4-6-25-7-5-13)8-20-18(17)21-11-22-19/h3,8,11-13,15H,1,4-7,9-10H2,2H3,(H,20,21,22)/t12-,15-/m0/s1. The van der Waals surface area contributed by atoms with Gasteiger partial charge in [0.25, 0.3) is 0 Å². The van der Waals surface area contributed by atoms with Crippen LogP contribution in [0.4, 0.5) is 0 Å². The van der Waals surface area contributed by atoms with Crippen molar-refractivity contribution in [3.8, 4) is 5.88 Å². The van der Waals surface area contributed by atoms with Crippen molar-refractivity contribution < 1.29 is 14.3 Å². The van der Waals surface area contributed by atoms with E-state index in [0.29, 0.717) is 24.9 Å². The number of fused-ring (bicyclic) bond motifs is 1. The molecular formula is C19H24N4O3. The molecule has 2 aliphatic heterocycles. The van der Waals surface area contributed by atoms with Crippen LogP contribution in [0.3, 0.4) is 0 Å². The van der Waals surface area contributed by atoms with Crippen molar-refractivity contribution in [1.29, 1.82) is 0 Å². The van der Waals surface area contributed by atoms with Crippen LogP contribution in [0, 0.1) is 5.92 Å². The van der Waals surface area contributed by atoms with E-state index < -0.39 is 0 Å². The van der Waals surface area contributed by atoms with Gasteiger partial charge in [0.1, 0.15) is 18.1 Å². The Bertz CT molecular complexity index is 812. The van der Waals surface area contributed by atoms with Crippen molar-refractivity contribution in [3.05, 3.63) is 30.7 Å². The van der Waals surface area contributed by atoms with Gasteiger partial charge in [-0.25, -0.2) is 9.97 Å². The van der Waals surface area contributed by atoms with Crippen LogP contribution in [0.5, 0.6) is 5.88 Å². The van der Waals surface area contributed by atoms with E-state index in [1.807, 2.05) is 6.20 Å². The van der Waals surface area contributed by atoms with Crippen LogP contribution in [0.15, 0.2) is 25.2 Å². The molecule has 0 spiro atoms. The van der Waals surface area contributed by atoms with E-state index in [1.165, 1.54) is 18.0 Å². The van der Waals surface area contributed by atoms with Gasteiger partial charge < -0.3 is 19.4 Å². The molecule has 0 unspecified atom stereocenters. The highest BCUT2D eigenvalue weighted by molar-refractivity contribution is 5.87. The molecule has 2 saturated heterocycles. The molecule has 2 aromatic rings. The molecular weight excluding hydrogens is 332 g/mol. The summed E-state index contributed by atoms with van der Waals surface area (Å²) in [6.07, 6.45) is 6.79. The van der Waals surface area contributed by atoms with Crippen LogP contribution < -0.4 is 4.74 Å². The molecule has 138 valence electrons. The number of ether oxygens (including phenoxy) is 2. The number of rotatable bonds is 4. The molecule has 2 aliphatic rings. The van der Waals surface area contributed by atoms with Gasteiger partial charge >= 0.3 is 0 Å². The molecule has 1 amide bonds. The second-order valence-electron chi connectivity index (χ2n) is 7.11. The third-order valence-electron chi connectivity index (χ3n) is 5.42. The summed E-state index contributed by atoms with van der Waals surface area (Å²) >= 11 is 0. The normalized spacial score (nSPS) is 24.1. The Morgan fingerprint density at radius 1 is 1.38 bits per heavy atom. The third-order valence-corrected chi connectivity index (χ3v) is 5.42. The Morgan fingerprint density at radius 3 is 2.96 bits per heavy atom. The molecule has 4 heterocycles. The summed E-state index contributed by atoms with van der Waals surface area (Å²) in [6, 6.07) is 0. The minimum atomic E-state index is -0.0885. The molecule has 0 aliphatic carbocycles. The number of nitrogens with zero attached hydrogens (tertiary/aromatic N) is 3. The quantitative estimate of drug-likeness (QED) is 0.850. The molecule has 0 radical (unpaired) electrons. The van der Waals surface area contributed by atoms with Crippen molar-refractivity contribution in [2.75, 3.05) is 26.3 Å². The molecule has 1 N–H and O–H groups in total. The van der Waals surface area contributed by atoms with Crippen LogP contribution in [-0.2, 0) is 9.53 Å². The summed E-state index contributed by atoms with van der Waals surface area (Å²) in [5, 5.41) is 0.958. The van der Waals surface area contributed by atoms with E-state index in [-0.39, 0.29) is 17.9 Å². The number of carbonyl (C=O) groups excluding carboxylic acids is 1. The van der Waals surface area contributed by atoms with Crippen molar-refractivity contribution in [2.45, 2.75) is 31.8 Å². The molecule has 0 aromatic carbocycles. The maximum atomic E-state index is 11.9. The number of hydrogen-bond acceptors (Lipinski definition) is 5. The molecule has 7 nitrogen and oxygen atoms in total. The highest BCUT2D eigenvalue weighted by atomic mass is 16.5. The van der Waals surface area contributed by atoms with Crippen molar-refractivity contribution in [1.82, 2.24) is 19.9 Å². The topological polar surface area (TPSA) is 80.3 Å². The van der Waals surface area contributed by atoms with Crippen LogP contribution in [0.1, 0.15) is 31.2 Å². The lowest BCUT2D eigenvalue weighted by Crippen LogP contribution is -2.29. The number of H-pyrrole nitrogens is 1. The molecule has 4 rings (SSSR count). The second kappa shape index (κ2) is 7.07. The zero-order valence-corrected chi connectivity index (χ0v) is 15.0. The fraction of sp³-hybridized carbons (Fsp3) is 0.526. The predicted molar refractivity (Wildman–Crippen MR) is 97.0 cm³/mol. The fourth-order valence-corrected chi connectivity index (χ4v) is 3.92. The molecule has 0 saturated carbocycles. The van der Waals surface area contributed by atoms with Gasteiger partial charge in [-0.3, -0.25) is 4.79 Å². The summed E-state index contributed by atoms with van der Waals surface area (Å²) in [4.78, 5) is 25.7. The van der Waals surface area contributed by atoms with Gasteiger partial charge in [-0.15, -0.1) is 0 Å². The van der Waals surface area contributed by atoms with Crippen molar-refractivity contribution in [2.24, 2.45) is 5.92 Å². The minimum absolute atomic E-state index is 0.0553. The maximum Gasteiger partial charge on any atom is 0.246 e. The Hall–Kier alpha value is -2.41. The van der Waals surface area contributed by atoms with Gasteiger partial charge in [-0.05, 0) is 30.4 Å². The summed E-state index contributed by atoms with van der Waals surface area (Å²) in [5.74, 6) is 1.20. The number of aromatic amines is 1. The highest BCUT2D eigenvalue weighted by Gasteiger charge is 2.34. The van der Waals surface area contributed by atoms with E-state index in [2.05, 4.69) is 28.5 Å². The number of amides is 1. The van der Waals surface area contributed by atoms with Gasteiger partial charge in [0.2, 0.25) is 11.8 Å². The summed E-state index contributed by atoms with van der Waals surface area (Å²) in [7, 11) is 0. The average molecular weight is 356 g/mol. The first-order chi connectivity index (χ1) is 12.7. The lowest BCUT2D eigenvalue weighted by Gasteiger charge is -2.22. The number of hydrogen-bond donors (Lipinski definition) is 1. The SMILES string of the molecule is C=CC(=O)N1C[C@H](Oc2ncnc3[nH]cc(C4CCOCC4)c23)[C@@H](C)C1. The van der Waals surface area contributed by atoms with Gasteiger partial charge in [0.05, 0.1) is 11.9 Å². The summed E-state index contributed by atoms with van der Waals surface area (Å²) in [5.41, 5.74) is 1.99. The van der Waals surface area contributed by atoms with Gasteiger partial charge in [-0.1, -0.05) is 13.5 Å². The lowest BCUT2D eigenvalue weighted by molar-refractivity contribution is -0.125. The fourth-order valence-electron chi connectivity index (χ4n) is 3.92. The van der Waals surface area contributed by atoms with E-state index in [1.54, 1.807) is 4.90 Å². The highest BCUT2D eigenvalue weighted by Crippen LogP contribution is 2.36. The summed E-state index contributed by atoms with van der Waals surface area (Å²) < 4.78 is 11.8. The van der Waals surface area contributed by atoms with Crippen LogP contribution in [-0.4, -0.2) is 58.2 Å². The summed E-state index contributed by atoms with van der Waals surface area (Å²) in [6.45, 7) is 8.44. The molecule has 26 heavy (non-hydrogen) atoms. The van der Waals surface area contributed by atoms with E-state index >= 15 is 0 Å². The minimum Gasteiger partial charge on any atom is -0.472 e. The van der Waals surface area contributed by atoms with Crippen LogP contribution in [0.2, 0.25) is 0 Å². The predicted octanol–water partition coefficient (Wildman–Crippen LogP) is 2.26. The molecule has 2 atom stereocenters. The largest absolute Gasteiger partial charge is 0.472 e. The Balaban J connectivity index is 1.61. The maximum absolute atomic E-state index is 11.9. The van der Waals surface area contributed by atoms with Gasteiger partial charge in [0, 0.05) is 31.9 Å². The number of aromatic nitrogens is 3. The van der Waals surface area contributed by atoms with E-state index in [4.69, 9.17) is 9.47 Å². The van der Waals surface area contributed by atoms with Gasteiger partial charge in [0.15, 0.2) is 0 Å². The molecule has 2 fully saturated rings. The number of likely N-dealkylation sites (tertiary alicyclic amines) is 1. The first-order valence-corrected chi connectivity index (χ1v) is 9.15. The van der Waals surface area contributed by atoms with Gasteiger partial charge in [-0.2, -0.15) is 0 Å². The smallest absolute Gasteiger partial charge is 0.246 e. The molecule has 0 bridgehead atoms. The molecule has 7 heteroatoms. The lowest BCUT2D eigenvalue weighted by atomic mass is 9.92. The Labute approximate surface area is 152 Å². The first kappa shape index (κ1) is 17.0. The first-order valence-electron chi connectivity index (χ1n) is 9.15. The monoisotopic (exact) mass is 356 g/mol. The second-order valence-corrected chi connectivity index (χ2v) is 7.11. The molecule has 2 aromatic heterocycles. The Kier molecular flexibility index (Phi) is 4.63. The third kappa shape index (κ3) is 3.07. The number of carbonyl (C=O) groups is 1. The Morgan fingerprint density at radius 2 is 2.19 bits per heavy atom. The van der Waals surface area contributed by atoms with Crippen molar-refractivity contribution >= 4 is 16.9 Å².